The minimum atomic E-state index is -2.61. The van der Waals surface area contributed by atoms with Crippen molar-refractivity contribution in [1.29, 1.82) is 0 Å². The average Bonchev–Trinajstić information content (AvgIpc) is 2.58. The van der Waals surface area contributed by atoms with Crippen LogP contribution in [0.2, 0.25) is 5.02 Å². The lowest BCUT2D eigenvalue weighted by Gasteiger charge is -2.33. The second-order valence-electron chi connectivity index (χ2n) is 5.55. The molecule has 0 aromatic heterocycles. The molecule has 0 unspecified atom stereocenters. The van der Waals surface area contributed by atoms with Gasteiger partial charge >= 0.3 is 0 Å². The van der Waals surface area contributed by atoms with Gasteiger partial charge in [0.15, 0.2) is 0 Å². The molecule has 2 aromatic carbocycles. The summed E-state index contributed by atoms with van der Waals surface area (Å²) in [5.74, 6) is -0.571. The number of allylic oxidation sites excluding steroid dienone is 3. The maximum atomic E-state index is 14.6. The van der Waals surface area contributed by atoms with E-state index < -0.39 is 18.8 Å². The lowest BCUT2D eigenvalue weighted by Crippen LogP contribution is -2.29. The molecule has 0 fully saturated rings. The predicted octanol–water partition coefficient (Wildman–Crippen LogP) is 6.00. The van der Waals surface area contributed by atoms with E-state index in [4.69, 9.17) is 11.6 Å². The van der Waals surface area contributed by atoms with E-state index in [-0.39, 0.29) is 10.6 Å². The van der Waals surface area contributed by atoms with Crippen LogP contribution in [0.1, 0.15) is 11.1 Å². The Bertz CT molecular complexity index is 836. The molecule has 1 aliphatic rings. The van der Waals surface area contributed by atoms with Gasteiger partial charge in [0.25, 0.3) is 6.43 Å². The van der Waals surface area contributed by atoms with Crippen molar-refractivity contribution >= 4 is 22.9 Å². The van der Waals surface area contributed by atoms with Gasteiger partial charge in [-0.3, -0.25) is 0 Å². The Morgan fingerprint density at radius 1 is 1.00 bits per heavy atom. The van der Waals surface area contributed by atoms with Crippen LogP contribution in [-0.2, 0) is 0 Å². The number of alkyl halides is 2. The van der Waals surface area contributed by atoms with Crippen LogP contribution in [-0.4, -0.2) is 17.9 Å². The van der Waals surface area contributed by atoms with Crippen LogP contribution in [0.15, 0.2) is 73.0 Å². The molecular formula is C20H15ClF3N. The van der Waals surface area contributed by atoms with Crippen molar-refractivity contribution in [3.8, 4) is 0 Å². The van der Waals surface area contributed by atoms with E-state index in [1.165, 1.54) is 23.1 Å². The molecule has 3 rings (SSSR count). The van der Waals surface area contributed by atoms with Gasteiger partial charge in [0.05, 0.1) is 22.8 Å². The largest absolute Gasteiger partial charge is 0.335 e. The second-order valence-corrected chi connectivity index (χ2v) is 5.96. The minimum absolute atomic E-state index is 0.0918. The fraction of sp³-hybridized carbons (Fsp3) is 0.100. The first-order valence-corrected chi connectivity index (χ1v) is 8.03. The molecule has 5 heteroatoms. The molecule has 0 aliphatic carbocycles. The maximum Gasteiger partial charge on any atom is 0.256 e. The Kier molecular flexibility index (Phi) is 5.00. The third-order valence-corrected chi connectivity index (χ3v) is 4.23. The first-order valence-electron chi connectivity index (χ1n) is 7.66. The highest BCUT2D eigenvalue weighted by molar-refractivity contribution is 6.32. The van der Waals surface area contributed by atoms with Gasteiger partial charge in [-0.15, -0.1) is 0 Å². The Labute approximate surface area is 149 Å². The van der Waals surface area contributed by atoms with Gasteiger partial charge in [0.1, 0.15) is 5.82 Å². The number of hydrogen-bond donors (Lipinski definition) is 0. The van der Waals surface area contributed by atoms with Crippen LogP contribution in [0.5, 0.6) is 0 Å². The van der Waals surface area contributed by atoms with Gasteiger partial charge in [-0.05, 0) is 23.8 Å². The molecule has 0 N–H and O–H groups in total. The van der Waals surface area contributed by atoms with Crippen molar-refractivity contribution in [1.82, 2.24) is 4.90 Å². The molecule has 1 heterocycles. The molecular weight excluding hydrogens is 347 g/mol. The zero-order valence-electron chi connectivity index (χ0n) is 13.2. The van der Waals surface area contributed by atoms with E-state index in [0.29, 0.717) is 17.0 Å². The van der Waals surface area contributed by atoms with Gasteiger partial charge < -0.3 is 4.90 Å². The first-order chi connectivity index (χ1) is 12.0. The third kappa shape index (κ3) is 3.49. The fourth-order valence-electron chi connectivity index (χ4n) is 2.83. The number of hydrogen-bond acceptors (Lipinski definition) is 1. The predicted molar refractivity (Wildman–Crippen MR) is 95.7 cm³/mol. The summed E-state index contributed by atoms with van der Waals surface area (Å²) in [5.41, 5.74) is 2.13. The Balaban J connectivity index is 2.30. The van der Waals surface area contributed by atoms with E-state index in [0.717, 1.165) is 5.56 Å². The van der Waals surface area contributed by atoms with E-state index in [2.05, 4.69) is 6.58 Å². The van der Waals surface area contributed by atoms with Crippen molar-refractivity contribution < 1.29 is 13.2 Å². The molecule has 0 amide bonds. The Hall–Kier alpha value is -2.46. The molecule has 1 nitrogen and oxygen atoms in total. The first kappa shape index (κ1) is 17.4. The van der Waals surface area contributed by atoms with Gasteiger partial charge in [-0.25, -0.2) is 13.2 Å². The van der Waals surface area contributed by atoms with E-state index in [1.54, 1.807) is 12.2 Å². The highest BCUT2D eigenvalue weighted by Gasteiger charge is 2.27. The highest BCUT2D eigenvalue weighted by Crippen LogP contribution is 2.40. The third-order valence-electron chi connectivity index (χ3n) is 3.92. The van der Waals surface area contributed by atoms with Crippen LogP contribution in [0, 0.1) is 5.82 Å². The Morgan fingerprint density at radius 2 is 1.72 bits per heavy atom. The summed E-state index contributed by atoms with van der Waals surface area (Å²) >= 11 is 6.22. The average molecular weight is 362 g/mol. The van der Waals surface area contributed by atoms with Crippen LogP contribution in [0.25, 0.3) is 11.3 Å². The van der Waals surface area contributed by atoms with Gasteiger partial charge in [-0.2, -0.15) is 0 Å². The molecule has 2 aromatic rings. The number of halogens is 4. The maximum absolute atomic E-state index is 14.6. The highest BCUT2D eigenvalue weighted by atomic mass is 35.5. The van der Waals surface area contributed by atoms with Crippen LogP contribution >= 0.6 is 11.6 Å². The SMILES string of the molecule is C=C1C=CC(c2ccccc2)=C(c2c(F)cccc2Cl)N1CC(F)F. The summed E-state index contributed by atoms with van der Waals surface area (Å²) in [5, 5.41) is 0.158. The molecule has 1 aliphatic heterocycles. The second kappa shape index (κ2) is 7.19. The lowest BCUT2D eigenvalue weighted by atomic mass is 9.94. The lowest BCUT2D eigenvalue weighted by molar-refractivity contribution is 0.123. The number of nitrogens with zero attached hydrogens (tertiary/aromatic N) is 1. The van der Waals surface area contributed by atoms with Gasteiger partial charge in [0.2, 0.25) is 0 Å². The normalized spacial score (nSPS) is 14.6. The van der Waals surface area contributed by atoms with Crippen molar-refractivity contribution in [2.45, 2.75) is 6.43 Å². The van der Waals surface area contributed by atoms with E-state index in [9.17, 15) is 13.2 Å². The number of benzene rings is 2. The van der Waals surface area contributed by atoms with Gasteiger partial charge in [0, 0.05) is 11.3 Å². The monoisotopic (exact) mass is 361 g/mol. The fourth-order valence-corrected chi connectivity index (χ4v) is 3.08. The van der Waals surface area contributed by atoms with Crippen LogP contribution < -0.4 is 0 Å². The van der Waals surface area contributed by atoms with Crippen molar-refractivity contribution in [3.63, 3.8) is 0 Å². The zero-order valence-corrected chi connectivity index (χ0v) is 14.0. The zero-order chi connectivity index (χ0) is 18.0. The van der Waals surface area contributed by atoms with E-state index in [1.807, 2.05) is 30.3 Å². The summed E-state index contributed by atoms with van der Waals surface area (Å²) < 4.78 is 40.9. The molecule has 0 atom stereocenters. The molecule has 0 radical (unpaired) electrons. The van der Waals surface area contributed by atoms with Crippen LogP contribution in [0.3, 0.4) is 0 Å². The standard InChI is InChI=1S/C20H15ClF3N/c1-13-10-11-15(14-6-3-2-4-7-14)20(25(13)12-18(23)24)19-16(21)8-5-9-17(19)22/h2-11,18H,1,12H2. The molecule has 128 valence electrons. The molecule has 0 saturated heterocycles. The summed E-state index contributed by atoms with van der Waals surface area (Å²) in [4.78, 5) is 1.32. The quantitative estimate of drug-likeness (QED) is 0.645. The van der Waals surface area contributed by atoms with Crippen LogP contribution in [0.4, 0.5) is 13.2 Å². The Morgan fingerprint density at radius 3 is 2.36 bits per heavy atom. The summed E-state index contributed by atoms with van der Waals surface area (Å²) in [6, 6.07) is 13.5. The number of rotatable bonds is 4. The summed E-state index contributed by atoms with van der Waals surface area (Å²) in [6.07, 6.45) is 0.779. The molecule has 0 bridgehead atoms. The topological polar surface area (TPSA) is 3.24 Å². The summed E-state index contributed by atoms with van der Waals surface area (Å²) in [6.45, 7) is 3.22. The minimum Gasteiger partial charge on any atom is -0.335 e. The van der Waals surface area contributed by atoms with Gasteiger partial charge in [-0.1, -0.05) is 60.7 Å². The molecule has 25 heavy (non-hydrogen) atoms. The summed E-state index contributed by atoms with van der Waals surface area (Å²) in [7, 11) is 0. The van der Waals surface area contributed by atoms with Crippen molar-refractivity contribution in [2.24, 2.45) is 0 Å². The smallest absolute Gasteiger partial charge is 0.256 e. The van der Waals surface area contributed by atoms with Crippen molar-refractivity contribution in [3.05, 3.63) is 94.9 Å². The van der Waals surface area contributed by atoms with Crippen molar-refractivity contribution in [2.75, 3.05) is 6.54 Å². The molecule has 0 spiro atoms. The van der Waals surface area contributed by atoms with E-state index >= 15 is 0 Å². The molecule has 0 saturated carbocycles.